The minimum Gasteiger partial charge on any atom is -0.397 e. The van der Waals surface area contributed by atoms with Crippen molar-refractivity contribution >= 4 is 11.8 Å². The lowest BCUT2D eigenvalue weighted by atomic mass is 10.2. The first-order valence-corrected chi connectivity index (χ1v) is 3.08. The zero-order chi connectivity index (χ0) is 7.56. The first kappa shape index (κ1) is 6.81. The second kappa shape index (κ2) is 2.52. The number of nitrogens with zero attached hydrogens (tertiary/aromatic N) is 1. The summed E-state index contributed by atoms with van der Waals surface area (Å²) in [6, 6.07) is 1.91. The number of aryl methyl sites for hydroxylation is 1. The fourth-order valence-electron chi connectivity index (χ4n) is 0.700. The molecule has 0 saturated carbocycles. The van der Waals surface area contributed by atoms with Crippen molar-refractivity contribution < 1.29 is 0 Å². The summed E-state index contributed by atoms with van der Waals surface area (Å²) in [7, 11) is 0. The van der Waals surface area contributed by atoms with Crippen LogP contribution in [0.4, 0.5) is 5.69 Å². The number of nitrogen functional groups attached to an aromatic ring is 1. The molecule has 0 amide bonds. The molecule has 1 rings (SSSR count). The number of nitrogens with two attached hydrogens (primary N) is 1. The molecule has 0 bridgehead atoms. The molecule has 0 radical (unpaired) electrons. The second-order valence-corrected chi connectivity index (χ2v) is 2.17. The number of anilines is 1. The molecule has 1 aromatic heterocycles. The van der Waals surface area contributed by atoms with Crippen molar-refractivity contribution in [1.29, 1.82) is 0 Å². The third-order valence-corrected chi connectivity index (χ3v) is 1.38. The molecule has 52 valence electrons. The van der Waals surface area contributed by atoms with Gasteiger partial charge in [0.1, 0.15) is 0 Å². The molecule has 1 aromatic rings. The van der Waals surface area contributed by atoms with Crippen molar-refractivity contribution in [3.05, 3.63) is 30.1 Å². The zero-order valence-electron chi connectivity index (χ0n) is 5.96. The molecule has 2 nitrogen and oxygen atoms in total. The molecule has 0 aliphatic carbocycles. The maximum atomic E-state index is 5.55. The van der Waals surface area contributed by atoms with Crippen molar-refractivity contribution in [3.8, 4) is 0 Å². The van der Waals surface area contributed by atoms with Crippen LogP contribution in [0.3, 0.4) is 0 Å². The van der Waals surface area contributed by atoms with E-state index in [-0.39, 0.29) is 0 Å². The first-order valence-electron chi connectivity index (χ1n) is 3.08. The summed E-state index contributed by atoms with van der Waals surface area (Å²) in [4.78, 5) is 4.01. The second-order valence-electron chi connectivity index (χ2n) is 2.17. The number of hydrogen-bond donors (Lipinski definition) is 1. The molecular formula is C8H10N2. The van der Waals surface area contributed by atoms with Gasteiger partial charge in [-0.15, -0.1) is 0 Å². The maximum Gasteiger partial charge on any atom is 0.0628 e. The van der Waals surface area contributed by atoms with E-state index in [1.165, 1.54) is 0 Å². The Bertz CT molecular complexity index is 253. The van der Waals surface area contributed by atoms with Gasteiger partial charge in [0.15, 0.2) is 0 Å². The predicted octanol–water partition coefficient (Wildman–Crippen LogP) is 1.62. The van der Waals surface area contributed by atoms with Crippen LogP contribution in [0.25, 0.3) is 6.08 Å². The summed E-state index contributed by atoms with van der Waals surface area (Å²) < 4.78 is 0. The van der Waals surface area contributed by atoms with Crippen LogP contribution in [0, 0.1) is 6.92 Å². The third-order valence-electron chi connectivity index (χ3n) is 1.38. The lowest BCUT2D eigenvalue weighted by molar-refractivity contribution is 1.26. The summed E-state index contributed by atoms with van der Waals surface area (Å²) in [5.74, 6) is 0. The minimum atomic E-state index is 0.727. The van der Waals surface area contributed by atoms with Gasteiger partial charge in [-0.1, -0.05) is 6.58 Å². The van der Waals surface area contributed by atoms with E-state index in [4.69, 9.17) is 5.73 Å². The highest BCUT2D eigenvalue weighted by Gasteiger charge is 1.92. The summed E-state index contributed by atoms with van der Waals surface area (Å²) in [5.41, 5.74) is 8.19. The third kappa shape index (κ3) is 1.16. The standard InChI is InChI=1S/C8H10N2/c1-3-7-4-6(2)8(9)5-10-7/h3-5H,1,9H2,2H3. The SMILES string of the molecule is C=Cc1cc(C)c(N)cn1. The summed E-state index contributed by atoms with van der Waals surface area (Å²) in [6.45, 7) is 5.55. The summed E-state index contributed by atoms with van der Waals surface area (Å²) in [5, 5.41) is 0. The Morgan fingerprint density at radius 2 is 2.40 bits per heavy atom. The van der Waals surface area contributed by atoms with Crippen molar-refractivity contribution in [3.63, 3.8) is 0 Å². The quantitative estimate of drug-likeness (QED) is 0.633. The number of hydrogen-bond acceptors (Lipinski definition) is 2. The molecule has 0 atom stereocenters. The van der Waals surface area contributed by atoms with Crippen LogP contribution in [0.15, 0.2) is 18.8 Å². The normalized spacial score (nSPS) is 9.30. The fraction of sp³-hybridized carbons (Fsp3) is 0.125. The highest BCUT2D eigenvalue weighted by atomic mass is 14.7. The topological polar surface area (TPSA) is 38.9 Å². The van der Waals surface area contributed by atoms with Crippen LogP contribution in [0.2, 0.25) is 0 Å². The molecule has 2 N–H and O–H groups in total. The van der Waals surface area contributed by atoms with Crippen molar-refractivity contribution in [2.24, 2.45) is 0 Å². The van der Waals surface area contributed by atoms with E-state index < -0.39 is 0 Å². The van der Waals surface area contributed by atoms with Crippen LogP contribution >= 0.6 is 0 Å². The van der Waals surface area contributed by atoms with E-state index in [0.29, 0.717) is 0 Å². The van der Waals surface area contributed by atoms with Gasteiger partial charge in [-0.25, -0.2) is 0 Å². The Morgan fingerprint density at radius 1 is 1.70 bits per heavy atom. The van der Waals surface area contributed by atoms with E-state index in [1.807, 2.05) is 13.0 Å². The number of pyridine rings is 1. The molecule has 0 aromatic carbocycles. The van der Waals surface area contributed by atoms with Gasteiger partial charge in [-0.3, -0.25) is 4.98 Å². The van der Waals surface area contributed by atoms with Gasteiger partial charge in [0.2, 0.25) is 0 Å². The molecule has 0 aliphatic rings. The van der Waals surface area contributed by atoms with Crippen molar-refractivity contribution in [2.75, 3.05) is 5.73 Å². The first-order chi connectivity index (χ1) is 4.74. The zero-order valence-corrected chi connectivity index (χ0v) is 5.96. The van der Waals surface area contributed by atoms with Gasteiger partial charge in [-0.2, -0.15) is 0 Å². The van der Waals surface area contributed by atoms with E-state index >= 15 is 0 Å². The lowest BCUT2D eigenvalue weighted by Crippen LogP contribution is -1.91. The number of aromatic nitrogens is 1. The van der Waals surface area contributed by atoms with E-state index in [2.05, 4.69) is 11.6 Å². The monoisotopic (exact) mass is 134 g/mol. The lowest BCUT2D eigenvalue weighted by Gasteiger charge is -1.98. The number of rotatable bonds is 1. The molecule has 0 aliphatic heterocycles. The fourth-order valence-corrected chi connectivity index (χ4v) is 0.700. The minimum absolute atomic E-state index is 0.727. The summed E-state index contributed by atoms with van der Waals surface area (Å²) >= 11 is 0. The molecule has 0 fully saturated rings. The smallest absolute Gasteiger partial charge is 0.0628 e. The highest BCUT2D eigenvalue weighted by molar-refractivity contribution is 5.51. The average Bonchev–Trinajstić information content (AvgIpc) is 1.95. The van der Waals surface area contributed by atoms with Crippen molar-refractivity contribution in [2.45, 2.75) is 6.92 Å². The van der Waals surface area contributed by atoms with Crippen molar-refractivity contribution in [1.82, 2.24) is 4.98 Å². The van der Waals surface area contributed by atoms with Gasteiger partial charge < -0.3 is 5.73 Å². The molecule has 0 spiro atoms. The molecule has 10 heavy (non-hydrogen) atoms. The predicted molar refractivity (Wildman–Crippen MR) is 43.5 cm³/mol. The average molecular weight is 134 g/mol. The van der Waals surface area contributed by atoms with Crippen LogP contribution in [-0.4, -0.2) is 4.98 Å². The van der Waals surface area contributed by atoms with Gasteiger partial charge in [0, 0.05) is 0 Å². The molecule has 1 heterocycles. The van der Waals surface area contributed by atoms with Crippen LogP contribution < -0.4 is 5.73 Å². The van der Waals surface area contributed by atoms with E-state index in [1.54, 1.807) is 12.3 Å². The van der Waals surface area contributed by atoms with Gasteiger partial charge >= 0.3 is 0 Å². The Kier molecular flexibility index (Phi) is 1.71. The van der Waals surface area contributed by atoms with Crippen LogP contribution in [0.5, 0.6) is 0 Å². The van der Waals surface area contributed by atoms with E-state index in [0.717, 1.165) is 16.9 Å². The molecular weight excluding hydrogens is 124 g/mol. The van der Waals surface area contributed by atoms with Gasteiger partial charge in [0.05, 0.1) is 17.6 Å². The summed E-state index contributed by atoms with van der Waals surface area (Å²) in [6.07, 6.45) is 3.35. The largest absolute Gasteiger partial charge is 0.397 e. The highest BCUT2D eigenvalue weighted by Crippen LogP contribution is 2.09. The Labute approximate surface area is 60.4 Å². The Balaban J connectivity index is 3.16. The Morgan fingerprint density at radius 3 is 2.90 bits per heavy atom. The van der Waals surface area contributed by atoms with Gasteiger partial charge in [-0.05, 0) is 24.6 Å². The van der Waals surface area contributed by atoms with Crippen LogP contribution in [-0.2, 0) is 0 Å². The molecule has 0 unspecified atom stereocenters. The van der Waals surface area contributed by atoms with Gasteiger partial charge in [0.25, 0.3) is 0 Å². The van der Waals surface area contributed by atoms with E-state index in [9.17, 15) is 0 Å². The molecule has 0 saturated heterocycles. The molecule has 2 heteroatoms. The van der Waals surface area contributed by atoms with Crippen LogP contribution in [0.1, 0.15) is 11.3 Å². The maximum absolute atomic E-state index is 5.55. The Hall–Kier alpha value is -1.31.